The summed E-state index contributed by atoms with van der Waals surface area (Å²) in [5, 5.41) is 9.84. The molecule has 0 spiro atoms. The zero-order valence-corrected chi connectivity index (χ0v) is 21.7. The lowest BCUT2D eigenvalue weighted by molar-refractivity contribution is -0.126. The van der Waals surface area contributed by atoms with Gasteiger partial charge in [0.2, 0.25) is 0 Å². The quantitative estimate of drug-likeness (QED) is 0.280. The molecule has 0 aromatic heterocycles. The number of hydrogen-bond donors (Lipinski definition) is 2. The van der Waals surface area contributed by atoms with E-state index < -0.39 is 0 Å². The SMILES string of the molecule is COc1cc(C=NOCC(=O)NC2CCCCCC2)ccc1OCC(=O)Nc1c(C)cc(C)cc1C. The maximum absolute atomic E-state index is 12.5. The topological polar surface area (TPSA) is 98.2 Å². The number of ether oxygens (including phenoxy) is 2. The Labute approximate surface area is 213 Å². The smallest absolute Gasteiger partial charge is 0.262 e. The van der Waals surface area contributed by atoms with Crippen molar-refractivity contribution in [3.05, 3.63) is 52.6 Å². The summed E-state index contributed by atoms with van der Waals surface area (Å²) in [4.78, 5) is 29.7. The zero-order valence-electron chi connectivity index (χ0n) is 21.7. The van der Waals surface area contributed by atoms with Gasteiger partial charge in [0.05, 0.1) is 13.3 Å². The van der Waals surface area contributed by atoms with Crippen molar-refractivity contribution in [3.8, 4) is 11.5 Å². The van der Waals surface area contributed by atoms with Gasteiger partial charge < -0.3 is 24.9 Å². The number of nitrogens with zero attached hydrogens (tertiary/aromatic N) is 1. The first kappa shape index (κ1) is 27.0. The normalized spacial score (nSPS) is 14.2. The van der Waals surface area contributed by atoms with E-state index in [0.717, 1.165) is 48.1 Å². The van der Waals surface area contributed by atoms with Crippen LogP contribution in [0.3, 0.4) is 0 Å². The average molecular weight is 496 g/mol. The third-order valence-corrected chi connectivity index (χ3v) is 6.18. The molecule has 1 aliphatic rings. The van der Waals surface area contributed by atoms with Gasteiger partial charge in [-0.2, -0.15) is 0 Å². The maximum Gasteiger partial charge on any atom is 0.262 e. The Kier molecular flexibility index (Phi) is 10.2. The summed E-state index contributed by atoms with van der Waals surface area (Å²) >= 11 is 0. The van der Waals surface area contributed by atoms with E-state index in [9.17, 15) is 9.59 Å². The van der Waals surface area contributed by atoms with Crippen molar-refractivity contribution in [1.29, 1.82) is 0 Å². The molecule has 0 heterocycles. The molecule has 2 aromatic rings. The van der Waals surface area contributed by atoms with Crippen LogP contribution in [0.2, 0.25) is 0 Å². The highest BCUT2D eigenvalue weighted by Gasteiger charge is 2.15. The Morgan fingerprint density at radius 3 is 2.31 bits per heavy atom. The largest absolute Gasteiger partial charge is 0.493 e. The standard InChI is InChI=1S/C28H37N3O5/c1-19-13-20(2)28(21(3)14-19)31-26(32)17-35-24-12-11-22(15-25(24)34-4)16-29-36-18-27(33)30-23-9-7-5-6-8-10-23/h11-16,23H,5-10,17-18H2,1-4H3,(H,30,33)(H,31,32). The van der Waals surface area contributed by atoms with Gasteiger partial charge in [-0.15, -0.1) is 0 Å². The van der Waals surface area contributed by atoms with Gasteiger partial charge in [-0.25, -0.2) is 0 Å². The number of anilines is 1. The molecule has 2 N–H and O–H groups in total. The number of aryl methyl sites for hydroxylation is 3. The number of carbonyl (C=O) groups excluding carboxylic acids is 2. The summed E-state index contributed by atoms with van der Waals surface area (Å²) < 4.78 is 11.1. The molecule has 36 heavy (non-hydrogen) atoms. The van der Waals surface area contributed by atoms with Crippen molar-refractivity contribution >= 4 is 23.7 Å². The molecular formula is C28H37N3O5. The first-order valence-corrected chi connectivity index (χ1v) is 12.5. The van der Waals surface area contributed by atoms with E-state index in [4.69, 9.17) is 14.3 Å². The highest BCUT2D eigenvalue weighted by atomic mass is 16.6. The number of methoxy groups -OCH3 is 1. The number of hydrogen-bond acceptors (Lipinski definition) is 6. The summed E-state index contributed by atoms with van der Waals surface area (Å²) in [6.07, 6.45) is 8.33. The Balaban J connectivity index is 1.48. The van der Waals surface area contributed by atoms with Crippen molar-refractivity contribution in [2.24, 2.45) is 5.16 Å². The summed E-state index contributed by atoms with van der Waals surface area (Å²) in [5.74, 6) is 0.481. The van der Waals surface area contributed by atoms with Crippen molar-refractivity contribution in [1.82, 2.24) is 5.32 Å². The van der Waals surface area contributed by atoms with Gasteiger partial charge in [-0.05, 0) is 62.9 Å². The first-order chi connectivity index (χ1) is 17.4. The van der Waals surface area contributed by atoms with Crippen LogP contribution in [0.25, 0.3) is 0 Å². The molecule has 1 aliphatic carbocycles. The first-order valence-electron chi connectivity index (χ1n) is 12.5. The lowest BCUT2D eigenvalue weighted by atomic mass is 10.1. The molecule has 0 radical (unpaired) electrons. The highest BCUT2D eigenvalue weighted by molar-refractivity contribution is 5.93. The van der Waals surface area contributed by atoms with E-state index in [1.807, 2.05) is 32.9 Å². The monoisotopic (exact) mass is 495 g/mol. The van der Waals surface area contributed by atoms with Crippen molar-refractivity contribution in [3.63, 3.8) is 0 Å². The number of amides is 2. The fourth-order valence-electron chi connectivity index (χ4n) is 4.47. The second-order valence-electron chi connectivity index (χ2n) is 9.28. The van der Waals surface area contributed by atoms with Gasteiger partial charge in [-0.3, -0.25) is 9.59 Å². The summed E-state index contributed by atoms with van der Waals surface area (Å²) in [6, 6.07) is 9.48. The number of benzene rings is 2. The fraction of sp³-hybridized carbons (Fsp3) is 0.464. The molecular weight excluding hydrogens is 458 g/mol. The fourth-order valence-corrected chi connectivity index (χ4v) is 4.47. The van der Waals surface area contributed by atoms with Crippen LogP contribution in [-0.4, -0.2) is 44.4 Å². The molecule has 0 unspecified atom stereocenters. The van der Waals surface area contributed by atoms with Crippen LogP contribution in [-0.2, 0) is 14.4 Å². The van der Waals surface area contributed by atoms with E-state index in [1.54, 1.807) is 18.2 Å². The number of carbonyl (C=O) groups is 2. The summed E-state index contributed by atoms with van der Waals surface area (Å²) in [5.41, 5.74) is 4.67. The van der Waals surface area contributed by atoms with Crippen molar-refractivity contribution < 1.29 is 23.9 Å². The average Bonchev–Trinajstić information content (AvgIpc) is 3.11. The molecule has 3 rings (SSSR count). The van der Waals surface area contributed by atoms with Crippen LogP contribution in [0.4, 0.5) is 5.69 Å². The number of rotatable bonds is 10. The highest BCUT2D eigenvalue weighted by Crippen LogP contribution is 2.28. The minimum absolute atomic E-state index is 0.125. The molecule has 2 aromatic carbocycles. The van der Waals surface area contributed by atoms with Gasteiger partial charge in [0.15, 0.2) is 24.7 Å². The molecule has 2 amide bonds. The van der Waals surface area contributed by atoms with Crippen molar-refractivity contribution in [2.75, 3.05) is 25.6 Å². The molecule has 0 saturated heterocycles. The zero-order chi connectivity index (χ0) is 25.9. The summed E-state index contributed by atoms with van der Waals surface area (Å²) in [6.45, 7) is 5.68. The molecule has 0 aliphatic heterocycles. The third kappa shape index (κ3) is 8.29. The lowest BCUT2D eigenvalue weighted by Gasteiger charge is -2.15. The molecule has 194 valence electrons. The van der Waals surface area contributed by atoms with Crippen LogP contribution >= 0.6 is 0 Å². The molecule has 1 fully saturated rings. The predicted octanol–water partition coefficient (Wildman–Crippen LogP) is 4.83. The Hall–Kier alpha value is -3.55. The molecule has 0 bridgehead atoms. The molecule has 8 heteroatoms. The minimum atomic E-state index is -0.256. The second-order valence-corrected chi connectivity index (χ2v) is 9.28. The number of oxime groups is 1. The van der Waals surface area contributed by atoms with Gasteiger partial charge in [-0.1, -0.05) is 48.5 Å². The summed E-state index contributed by atoms with van der Waals surface area (Å²) in [7, 11) is 1.52. The second kappa shape index (κ2) is 13.5. The van der Waals surface area contributed by atoms with E-state index >= 15 is 0 Å². The van der Waals surface area contributed by atoms with E-state index in [-0.39, 0.29) is 31.1 Å². The van der Waals surface area contributed by atoms with Crippen LogP contribution in [0.1, 0.15) is 60.8 Å². The van der Waals surface area contributed by atoms with E-state index in [1.165, 1.54) is 26.2 Å². The van der Waals surface area contributed by atoms with Crippen LogP contribution in [0.15, 0.2) is 35.5 Å². The van der Waals surface area contributed by atoms with Crippen LogP contribution in [0, 0.1) is 20.8 Å². The number of nitrogens with one attached hydrogen (secondary N) is 2. The van der Waals surface area contributed by atoms with Crippen LogP contribution in [0.5, 0.6) is 11.5 Å². The Bertz CT molecular complexity index is 1050. The lowest BCUT2D eigenvalue weighted by Crippen LogP contribution is -2.36. The van der Waals surface area contributed by atoms with Crippen LogP contribution < -0.4 is 20.1 Å². The van der Waals surface area contributed by atoms with Gasteiger partial charge in [0, 0.05) is 17.3 Å². The minimum Gasteiger partial charge on any atom is -0.493 e. The maximum atomic E-state index is 12.5. The molecule has 1 saturated carbocycles. The van der Waals surface area contributed by atoms with Gasteiger partial charge in [0.25, 0.3) is 11.8 Å². The predicted molar refractivity (Wildman–Crippen MR) is 141 cm³/mol. The molecule has 0 atom stereocenters. The van der Waals surface area contributed by atoms with Crippen molar-refractivity contribution in [2.45, 2.75) is 65.3 Å². The third-order valence-electron chi connectivity index (χ3n) is 6.18. The van der Waals surface area contributed by atoms with Gasteiger partial charge in [0.1, 0.15) is 0 Å². The van der Waals surface area contributed by atoms with E-state index in [0.29, 0.717) is 17.1 Å². The Morgan fingerprint density at radius 1 is 0.944 bits per heavy atom. The van der Waals surface area contributed by atoms with Gasteiger partial charge >= 0.3 is 0 Å². The van der Waals surface area contributed by atoms with E-state index in [2.05, 4.69) is 15.8 Å². The molecule has 8 nitrogen and oxygen atoms in total. The Morgan fingerprint density at radius 2 is 1.64 bits per heavy atom.